The largest absolute Gasteiger partial charge is 0.357 e. The van der Waals surface area contributed by atoms with Crippen LogP contribution in [0, 0.1) is 11.3 Å². The molecule has 0 heterocycles. The van der Waals surface area contributed by atoms with Gasteiger partial charge in [-0.1, -0.05) is 59.8 Å². The van der Waals surface area contributed by atoms with Gasteiger partial charge in [0, 0.05) is 25.1 Å². The Kier molecular flexibility index (Phi) is 11.8. The quantitative estimate of drug-likeness (QED) is 0.364. The Morgan fingerprint density at radius 3 is 2.08 bits per heavy atom. The number of hydrogen-bond acceptors (Lipinski definition) is 4. The van der Waals surface area contributed by atoms with E-state index in [0.29, 0.717) is 6.42 Å². The molecule has 2 N–H and O–H groups in total. The number of hydrogen-bond donors (Lipinski definition) is 3. The summed E-state index contributed by atoms with van der Waals surface area (Å²) in [6, 6.07) is -0.626. The standard InChI is InChI=1S/C19H36N2O3S/c1-6-7-8-9-10-11-14(12-15(22)13-25)17(23)21-16(18(24)20-5)19(2,3)4/h14,16,25H,6-13H2,1-5H3,(H,20,24)(H,21,23)/t14-,16-/m1/s1. The highest BCUT2D eigenvalue weighted by Crippen LogP contribution is 2.22. The first-order valence-electron chi connectivity index (χ1n) is 9.31. The lowest BCUT2D eigenvalue weighted by atomic mass is 9.85. The number of nitrogens with one attached hydrogen (secondary N) is 2. The molecule has 0 bridgehead atoms. The van der Waals surface area contributed by atoms with Crippen LogP contribution in [-0.2, 0) is 14.4 Å². The van der Waals surface area contributed by atoms with Crippen LogP contribution in [0.1, 0.15) is 72.6 Å². The summed E-state index contributed by atoms with van der Waals surface area (Å²) in [4.78, 5) is 36.6. The van der Waals surface area contributed by atoms with Crippen molar-refractivity contribution in [3.63, 3.8) is 0 Å². The van der Waals surface area contributed by atoms with Crippen molar-refractivity contribution in [3.05, 3.63) is 0 Å². The Balaban J connectivity index is 4.92. The minimum Gasteiger partial charge on any atom is -0.357 e. The molecule has 0 aromatic heterocycles. The van der Waals surface area contributed by atoms with E-state index in [1.54, 1.807) is 7.05 Å². The Bertz CT molecular complexity index is 433. The molecule has 2 amide bonds. The molecule has 0 aromatic rings. The summed E-state index contributed by atoms with van der Waals surface area (Å²) in [6.07, 6.45) is 6.33. The average Bonchev–Trinajstić information content (AvgIpc) is 2.56. The third kappa shape index (κ3) is 9.88. The van der Waals surface area contributed by atoms with Gasteiger partial charge in [0.1, 0.15) is 11.8 Å². The van der Waals surface area contributed by atoms with E-state index in [1.807, 2.05) is 20.8 Å². The maximum Gasteiger partial charge on any atom is 0.242 e. The van der Waals surface area contributed by atoms with Crippen molar-refractivity contribution < 1.29 is 14.4 Å². The van der Waals surface area contributed by atoms with E-state index in [0.717, 1.165) is 19.3 Å². The molecule has 0 unspecified atom stereocenters. The van der Waals surface area contributed by atoms with E-state index in [9.17, 15) is 14.4 Å². The number of unbranched alkanes of at least 4 members (excludes halogenated alkanes) is 4. The maximum absolute atomic E-state index is 12.7. The van der Waals surface area contributed by atoms with Crippen LogP contribution in [0.15, 0.2) is 0 Å². The first-order chi connectivity index (χ1) is 11.7. The minimum atomic E-state index is -0.626. The average molecular weight is 373 g/mol. The third-order valence-electron chi connectivity index (χ3n) is 4.34. The van der Waals surface area contributed by atoms with Gasteiger partial charge in [0.25, 0.3) is 0 Å². The van der Waals surface area contributed by atoms with Crippen LogP contribution >= 0.6 is 12.6 Å². The van der Waals surface area contributed by atoms with Crippen molar-refractivity contribution in [1.29, 1.82) is 0 Å². The molecule has 0 saturated heterocycles. The Labute approximate surface area is 158 Å². The smallest absolute Gasteiger partial charge is 0.242 e. The van der Waals surface area contributed by atoms with Crippen LogP contribution < -0.4 is 10.6 Å². The fraction of sp³-hybridized carbons (Fsp3) is 0.842. The molecule has 5 nitrogen and oxygen atoms in total. The number of carbonyl (C=O) groups is 3. The second-order valence-electron chi connectivity index (χ2n) is 7.72. The van der Waals surface area contributed by atoms with Gasteiger partial charge >= 0.3 is 0 Å². The first kappa shape index (κ1) is 24.0. The molecule has 0 aliphatic rings. The van der Waals surface area contributed by atoms with Crippen molar-refractivity contribution in [2.24, 2.45) is 11.3 Å². The maximum atomic E-state index is 12.7. The summed E-state index contributed by atoms with van der Waals surface area (Å²) in [5.41, 5.74) is -0.408. The summed E-state index contributed by atoms with van der Waals surface area (Å²) < 4.78 is 0. The SMILES string of the molecule is CCCCCCC[C@H](CC(=O)CS)C(=O)N[C@H](C(=O)NC)C(C)(C)C. The minimum absolute atomic E-state index is 0.0377. The van der Waals surface area contributed by atoms with Gasteiger partial charge in [-0.2, -0.15) is 12.6 Å². The highest BCUT2D eigenvalue weighted by atomic mass is 32.1. The van der Waals surface area contributed by atoms with Gasteiger partial charge < -0.3 is 10.6 Å². The van der Waals surface area contributed by atoms with Crippen molar-refractivity contribution in [1.82, 2.24) is 10.6 Å². The van der Waals surface area contributed by atoms with Gasteiger partial charge in [-0.15, -0.1) is 0 Å². The molecule has 6 heteroatoms. The van der Waals surface area contributed by atoms with Crippen molar-refractivity contribution in [2.75, 3.05) is 12.8 Å². The van der Waals surface area contributed by atoms with Crippen molar-refractivity contribution in [3.8, 4) is 0 Å². The second kappa shape index (κ2) is 12.3. The summed E-state index contributed by atoms with van der Waals surface area (Å²) in [7, 11) is 1.56. The normalized spacial score (nSPS) is 13.8. The molecule has 0 spiro atoms. The van der Waals surface area contributed by atoms with Crippen LogP contribution in [0.5, 0.6) is 0 Å². The van der Waals surface area contributed by atoms with Gasteiger partial charge in [-0.25, -0.2) is 0 Å². The highest BCUT2D eigenvalue weighted by molar-refractivity contribution is 7.81. The van der Waals surface area contributed by atoms with Crippen LogP contribution in [0.3, 0.4) is 0 Å². The second-order valence-corrected chi connectivity index (χ2v) is 8.04. The summed E-state index contributed by atoms with van der Waals surface area (Å²) in [5.74, 6) is -0.727. The van der Waals surface area contributed by atoms with E-state index >= 15 is 0 Å². The fourth-order valence-electron chi connectivity index (χ4n) is 2.74. The predicted octanol–water partition coefficient (Wildman–Crippen LogP) is 3.13. The number of thiol groups is 1. The first-order valence-corrected chi connectivity index (χ1v) is 9.95. The number of rotatable bonds is 12. The monoisotopic (exact) mass is 372 g/mol. The van der Waals surface area contributed by atoms with Gasteiger partial charge in [0.2, 0.25) is 11.8 Å². The van der Waals surface area contributed by atoms with Gasteiger partial charge in [0.05, 0.1) is 0 Å². The fourth-order valence-corrected chi connectivity index (χ4v) is 2.87. The van der Waals surface area contributed by atoms with E-state index in [2.05, 4.69) is 30.2 Å². The molecule has 0 fully saturated rings. The number of ketones is 1. The molecule has 146 valence electrons. The number of amides is 2. The van der Waals surface area contributed by atoms with Gasteiger partial charge in [-0.05, 0) is 11.8 Å². The van der Waals surface area contributed by atoms with Gasteiger partial charge in [0.15, 0.2) is 0 Å². The number of likely N-dealkylation sites (N-methyl/N-ethyl adjacent to an activating group) is 1. The zero-order valence-electron chi connectivity index (χ0n) is 16.5. The molecule has 25 heavy (non-hydrogen) atoms. The molecule has 0 rings (SSSR count). The lowest BCUT2D eigenvalue weighted by Crippen LogP contribution is -2.54. The van der Waals surface area contributed by atoms with Crippen LogP contribution in [0.25, 0.3) is 0 Å². The summed E-state index contributed by atoms with van der Waals surface area (Å²) >= 11 is 4.01. The molecule has 2 atom stereocenters. The molecule has 0 aliphatic heterocycles. The number of Topliss-reactive ketones (excluding diaryl/α,β-unsaturated/α-hetero) is 1. The van der Waals surface area contributed by atoms with E-state index in [1.165, 1.54) is 12.8 Å². The summed E-state index contributed by atoms with van der Waals surface area (Å²) in [6.45, 7) is 7.89. The van der Waals surface area contributed by atoms with Crippen molar-refractivity contribution in [2.45, 2.75) is 78.7 Å². The third-order valence-corrected chi connectivity index (χ3v) is 4.69. The number of carbonyl (C=O) groups excluding carboxylic acids is 3. The molecule has 0 radical (unpaired) electrons. The van der Waals surface area contributed by atoms with E-state index in [-0.39, 0.29) is 29.8 Å². The van der Waals surface area contributed by atoms with Crippen LogP contribution in [-0.4, -0.2) is 36.4 Å². The van der Waals surface area contributed by atoms with E-state index < -0.39 is 17.4 Å². The predicted molar refractivity (Wildman–Crippen MR) is 106 cm³/mol. The topological polar surface area (TPSA) is 75.3 Å². The highest BCUT2D eigenvalue weighted by Gasteiger charge is 2.34. The van der Waals surface area contributed by atoms with Crippen LogP contribution in [0.4, 0.5) is 0 Å². The molecular weight excluding hydrogens is 336 g/mol. The Morgan fingerprint density at radius 1 is 1.00 bits per heavy atom. The Morgan fingerprint density at radius 2 is 1.60 bits per heavy atom. The zero-order chi connectivity index (χ0) is 19.5. The van der Waals surface area contributed by atoms with Crippen molar-refractivity contribution >= 4 is 30.2 Å². The van der Waals surface area contributed by atoms with E-state index in [4.69, 9.17) is 0 Å². The van der Waals surface area contributed by atoms with Crippen LogP contribution in [0.2, 0.25) is 0 Å². The summed E-state index contributed by atoms with van der Waals surface area (Å²) in [5, 5.41) is 5.46. The Hall–Kier alpha value is -1.04. The lowest BCUT2D eigenvalue weighted by Gasteiger charge is -2.31. The molecule has 0 aliphatic carbocycles. The molecule has 0 saturated carbocycles. The van der Waals surface area contributed by atoms with Gasteiger partial charge in [-0.3, -0.25) is 14.4 Å². The molecule has 0 aromatic carbocycles. The zero-order valence-corrected chi connectivity index (χ0v) is 17.4. The molecular formula is C19H36N2O3S. The lowest BCUT2D eigenvalue weighted by molar-refractivity contribution is -0.134.